The largest absolute Gasteiger partial charge is 0.374 e. The molecular weight excluding hydrogens is 544 g/mol. The fourth-order valence-corrected chi connectivity index (χ4v) is 5.10. The van der Waals surface area contributed by atoms with Crippen LogP contribution in [0.4, 0.5) is 0 Å². The van der Waals surface area contributed by atoms with E-state index in [0.717, 1.165) is 22.3 Å². The smallest absolute Gasteiger partial charge is 0.148 e. The molecule has 1 heterocycles. The van der Waals surface area contributed by atoms with E-state index in [2.05, 4.69) is 23.8 Å². The van der Waals surface area contributed by atoms with Crippen LogP contribution < -0.4 is 0 Å². The highest BCUT2D eigenvalue weighted by Gasteiger charge is 2.48. The molecule has 4 aromatic carbocycles. The maximum Gasteiger partial charge on any atom is 0.148 e. The van der Waals surface area contributed by atoms with Gasteiger partial charge in [-0.3, -0.25) is 0 Å². The zero-order valence-electron chi connectivity index (χ0n) is 23.5. The van der Waals surface area contributed by atoms with E-state index in [0.29, 0.717) is 33.0 Å². The minimum atomic E-state index is -0.589. The lowest BCUT2D eigenvalue weighted by atomic mass is 9.94. The maximum absolute atomic E-state index is 6.66. The van der Waals surface area contributed by atoms with Crippen molar-refractivity contribution in [3.05, 3.63) is 144 Å². The maximum atomic E-state index is 6.66. The lowest BCUT2D eigenvalue weighted by Crippen LogP contribution is -2.60. The minimum Gasteiger partial charge on any atom is -0.374 e. The summed E-state index contributed by atoms with van der Waals surface area (Å²) in [4.78, 5) is 0. The van der Waals surface area contributed by atoms with Crippen LogP contribution in [-0.2, 0) is 50.1 Å². The molecule has 0 saturated carbocycles. The zero-order valence-corrected chi connectivity index (χ0v) is 24.4. The Morgan fingerprint density at radius 1 is 0.524 bits per heavy atom. The van der Waals surface area contributed by atoms with E-state index in [1.54, 1.807) is 0 Å². The van der Waals surface area contributed by atoms with Crippen LogP contribution in [0.15, 0.2) is 121 Å². The van der Waals surface area contributed by atoms with Gasteiger partial charge in [0.2, 0.25) is 0 Å². The highest BCUT2D eigenvalue weighted by molar-refractivity contribution is 7.85. The summed E-state index contributed by atoms with van der Waals surface area (Å²) in [5.74, 6) is 3.11. The van der Waals surface area contributed by atoms with Gasteiger partial charge < -0.3 is 23.7 Å². The Morgan fingerprint density at radius 2 is 0.929 bits per heavy atom. The summed E-state index contributed by atoms with van der Waals surface area (Å²) in [6.07, 6.45) is -2.54. The van der Waals surface area contributed by atoms with Crippen molar-refractivity contribution in [3.63, 3.8) is 0 Å². The first-order valence-electron chi connectivity index (χ1n) is 14.2. The molecule has 1 fully saturated rings. The minimum absolute atomic E-state index is 0.301. The van der Waals surface area contributed by atoms with E-state index >= 15 is 0 Å². The van der Waals surface area contributed by atoms with Crippen LogP contribution in [0.1, 0.15) is 22.3 Å². The molecule has 4 aromatic rings. The van der Waals surface area contributed by atoms with Gasteiger partial charge in [-0.1, -0.05) is 140 Å². The molecule has 42 heavy (non-hydrogen) atoms. The normalized spacial score (nSPS) is 21.8. The second-order valence-corrected chi connectivity index (χ2v) is 10.4. The quantitative estimate of drug-likeness (QED) is 0.142. The van der Waals surface area contributed by atoms with Crippen molar-refractivity contribution in [2.45, 2.75) is 56.9 Å². The summed E-state index contributed by atoms with van der Waals surface area (Å²) >= 11 is 4.21. The summed E-state index contributed by atoms with van der Waals surface area (Å²) in [6.45, 7) is 1.92. The summed E-state index contributed by atoms with van der Waals surface area (Å²) in [6, 6.07) is 40.3. The van der Waals surface area contributed by atoms with Crippen LogP contribution in [0.3, 0.4) is 0 Å². The molecule has 0 N–H and O–H groups in total. The predicted octanol–water partition coefficient (Wildman–Crippen LogP) is 6.62. The van der Waals surface area contributed by atoms with Gasteiger partial charge in [-0.25, -0.2) is 0 Å². The van der Waals surface area contributed by atoms with Gasteiger partial charge in [0.25, 0.3) is 0 Å². The third-order valence-corrected chi connectivity index (χ3v) is 7.22. The van der Waals surface area contributed by atoms with E-state index in [4.69, 9.17) is 23.7 Å². The number of thiol groups is 1. The van der Waals surface area contributed by atoms with Crippen LogP contribution in [0.2, 0.25) is 0 Å². The van der Waals surface area contributed by atoms with E-state index in [1.807, 2.05) is 121 Å². The fraction of sp³-hybridized carbons (Fsp3) is 0.278. The van der Waals surface area contributed by atoms with Crippen LogP contribution in [0, 0.1) is 11.2 Å². The lowest BCUT2D eigenvalue weighted by Gasteiger charge is -2.44. The summed E-state index contributed by atoms with van der Waals surface area (Å²) in [5, 5.41) is 2.74. The van der Waals surface area contributed by atoms with Gasteiger partial charge in [0.1, 0.15) is 30.5 Å². The molecule has 1 saturated heterocycles. The van der Waals surface area contributed by atoms with Crippen molar-refractivity contribution >= 4 is 12.6 Å². The summed E-state index contributed by atoms with van der Waals surface area (Å²) in [7, 11) is 0. The summed E-state index contributed by atoms with van der Waals surface area (Å²) in [5.41, 5.74) is 4.25. The topological polar surface area (TPSA) is 46.2 Å². The first-order chi connectivity index (χ1) is 20.8. The van der Waals surface area contributed by atoms with Crippen LogP contribution in [0.5, 0.6) is 0 Å². The van der Waals surface area contributed by atoms with Gasteiger partial charge in [-0.15, -0.1) is 0 Å². The molecule has 0 spiro atoms. The van der Waals surface area contributed by atoms with Crippen LogP contribution in [-0.4, -0.2) is 37.1 Å². The third kappa shape index (κ3) is 8.80. The molecule has 0 unspecified atom stereocenters. The highest BCUT2D eigenvalue weighted by atomic mass is 32.1. The average molecular weight is 581 g/mol. The van der Waals surface area contributed by atoms with E-state index in [9.17, 15) is 0 Å². The van der Waals surface area contributed by atoms with Crippen molar-refractivity contribution in [3.8, 4) is 11.2 Å². The van der Waals surface area contributed by atoms with Gasteiger partial charge in [-0.2, -0.15) is 0 Å². The zero-order chi connectivity index (χ0) is 28.8. The lowest BCUT2D eigenvalue weighted by molar-refractivity contribution is -0.261. The van der Waals surface area contributed by atoms with Crippen molar-refractivity contribution < 1.29 is 23.7 Å². The predicted molar refractivity (Wildman–Crippen MR) is 167 cm³/mol. The first kappa shape index (κ1) is 30.1. The number of rotatable bonds is 13. The van der Waals surface area contributed by atoms with Gasteiger partial charge >= 0.3 is 0 Å². The molecule has 0 bridgehead atoms. The standard InChI is InChI=1S/C36H36O5S/c42-22-21-32-34(38-24-29-15-7-2-8-16-29)36(40-26-31-19-11-4-12-20-31)35(39-25-30-17-9-3-10-18-30)33(41-32)27-37-23-28-13-5-1-6-14-28/h1-20,32-36,42H,23-27H2/t32-,33-,34-,35-,36-/m1/s1. The molecule has 0 aliphatic carbocycles. The molecule has 1 aliphatic rings. The van der Waals surface area contributed by atoms with E-state index in [1.165, 1.54) is 0 Å². The SMILES string of the molecule is SC#C[C@H]1O[C@H](COCc2ccccc2)[C@@H](OCc2ccccc2)[C@H](OCc2ccccc2)[C@@H]1OCc1ccccc1. The molecular formula is C36H36O5S. The van der Waals surface area contributed by atoms with Crippen molar-refractivity contribution in [1.82, 2.24) is 0 Å². The summed E-state index contributed by atoms with van der Waals surface area (Å²) < 4.78 is 32.6. The number of benzene rings is 4. The van der Waals surface area contributed by atoms with E-state index < -0.39 is 30.5 Å². The molecule has 5 rings (SSSR count). The first-order valence-corrected chi connectivity index (χ1v) is 14.6. The Kier molecular flexibility index (Phi) is 11.7. The second-order valence-electron chi connectivity index (χ2n) is 10.1. The second kappa shape index (κ2) is 16.3. The fourth-order valence-electron chi connectivity index (χ4n) is 4.97. The van der Waals surface area contributed by atoms with Crippen LogP contribution >= 0.6 is 12.6 Å². The number of ether oxygens (including phenoxy) is 5. The average Bonchev–Trinajstić information content (AvgIpc) is 3.05. The molecule has 5 nitrogen and oxygen atoms in total. The Hall–Kier alpha value is -3.41. The van der Waals surface area contributed by atoms with Crippen molar-refractivity contribution in [1.29, 1.82) is 0 Å². The number of hydrogen-bond donors (Lipinski definition) is 1. The molecule has 5 atom stereocenters. The Balaban J connectivity index is 1.41. The third-order valence-electron chi connectivity index (χ3n) is 7.09. The van der Waals surface area contributed by atoms with Crippen molar-refractivity contribution in [2.75, 3.05) is 6.61 Å². The van der Waals surface area contributed by atoms with Gasteiger partial charge in [-0.05, 0) is 27.5 Å². The Morgan fingerprint density at radius 3 is 1.38 bits per heavy atom. The molecule has 6 heteroatoms. The highest BCUT2D eigenvalue weighted by Crippen LogP contribution is 2.31. The monoisotopic (exact) mass is 580 g/mol. The molecule has 216 valence electrons. The number of hydrogen-bond acceptors (Lipinski definition) is 6. The van der Waals surface area contributed by atoms with Crippen molar-refractivity contribution in [2.24, 2.45) is 0 Å². The van der Waals surface area contributed by atoms with Gasteiger partial charge in [0.15, 0.2) is 0 Å². The Bertz CT molecular complexity index is 1380. The molecule has 1 aliphatic heterocycles. The van der Waals surface area contributed by atoms with Gasteiger partial charge in [0.05, 0.1) is 33.0 Å². The van der Waals surface area contributed by atoms with Gasteiger partial charge in [0, 0.05) is 0 Å². The molecule has 0 amide bonds. The molecule has 0 aromatic heterocycles. The molecule has 0 radical (unpaired) electrons. The Labute approximate surface area is 254 Å². The van der Waals surface area contributed by atoms with E-state index in [-0.39, 0.29) is 0 Å². The van der Waals surface area contributed by atoms with Crippen LogP contribution in [0.25, 0.3) is 0 Å².